The topological polar surface area (TPSA) is 29.1 Å². The Hall–Kier alpha value is -0.510. The molecule has 0 radical (unpaired) electrons. The van der Waals surface area contributed by atoms with Crippen LogP contribution in [0.25, 0.3) is 0 Å². The summed E-state index contributed by atoms with van der Waals surface area (Å²) in [4.78, 5) is 13.3. The minimum absolute atomic E-state index is 0. The van der Waals surface area contributed by atoms with Gasteiger partial charge in [-0.25, -0.2) is 0 Å². The van der Waals surface area contributed by atoms with Crippen molar-refractivity contribution in [2.45, 2.75) is 28.9 Å². The van der Waals surface area contributed by atoms with Crippen LogP contribution in [0, 0.1) is 0 Å². The quantitative estimate of drug-likeness (QED) is 0.785. The fraction of sp³-hybridized carbons (Fsp3) is 0.462. The molecule has 1 aromatic carbocycles. The van der Waals surface area contributed by atoms with Gasteiger partial charge in [0, 0.05) is 21.6 Å². The number of ketones is 1. The minimum atomic E-state index is 0. The number of carbonyl (C=O) groups excluding carboxylic acids is 1. The van der Waals surface area contributed by atoms with Crippen LogP contribution < -0.4 is 5.32 Å². The highest BCUT2D eigenvalue weighted by molar-refractivity contribution is 8.01. The zero-order valence-corrected chi connectivity index (χ0v) is 11.2. The maximum atomic E-state index is 12.1. The summed E-state index contributed by atoms with van der Waals surface area (Å²) in [5.41, 5.74) is 0.927. The number of rotatable bonds is 0. The van der Waals surface area contributed by atoms with Crippen molar-refractivity contribution < 1.29 is 4.79 Å². The van der Waals surface area contributed by atoms with E-state index in [1.54, 1.807) is 0 Å². The van der Waals surface area contributed by atoms with Gasteiger partial charge in [-0.1, -0.05) is 18.2 Å². The first-order valence-electron chi connectivity index (χ1n) is 5.81. The Balaban J connectivity index is 0.00000108. The number of fused-ring (bicyclic) bond motifs is 1. The molecule has 2 nitrogen and oxygen atoms in total. The van der Waals surface area contributed by atoms with Crippen LogP contribution in [-0.4, -0.2) is 23.6 Å². The van der Waals surface area contributed by atoms with E-state index in [0.717, 1.165) is 37.9 Å². The van der Waals surface area contributed by atoms with Gasteiger partial charge in [-0.05, 0) is 32.0 Å². The molecule has 0 amide bonds. The van der Waals surface area contributed by atoms with Crippen molar-refractivity contribution in [3.63, 3.8) is 0 Å². The smallest absolute Gasteiger partial charge is 0.165 e. The van der Waals surface area contributed by atoms with Gasteiger partial charge in [0.2, 0.25) is 0 Å². The van der Waals surface area contributed by atoms with Gasteiger partial charge in [-0.3, -0.25) is 4.79 Å². The molecule has 0 aliphatic carbocycles. The minimum Gasteiger partial charge on any atom is -0.317 e. The van der Waals surface area contributed by atoms with Crippen LogP contribution in [0.2, 0.25) is 0 Å². The molecule has 0 unspecified atom stereocenters. The summed E-state index contributed by atoms with van der Waals surface area (Å²) in [6.45, 7) is 2.09. The second-order valence-corrected chi connectivity index (χ2v) is 6.14. The molecule has 0 bridgehead atoms. The first-order valence-corrected chi connectivity index (χ1v) is 6.63. The van der Waals surface area contributed by atoms with Gasteiger partial charge < -0.3 is 5.32 Å². The molecule has 2 aliphatic heterocycles. The van der Waals surface area contributed by atoms with Crippen molar-refractivity contribution in [1.82, 2.24) is 5.32 Å². The van der Waals surface area contributed by atoms with Gasteiger partial charge in [0.15, 0.2) is 5.78 Å². The third-order valence-electron chi connectivity index (χ3n) is 3.51. The summed E-state index contributed by atoms with van der Waals surface area (Å²) in [7, 11) is 0. The largest absolute Gasteiger partial charge is 0.317 e. The van der Waals surface area contributed by atoms with E-state index < -0.39 is 0 Å². The zero-order valence-electron chi connectivity index (χ0n) is 9.57. The first kappa shape index (κ1) is 12.9. The molecule has 1 aromatic rings. The number of piperidine rings is 1. The van der Waals surface area contributed by atoms with Gasteiger partial charge in [0.25, 0.3) is 0 Å². The maximum absolute atomic E-state index is 12.1. The molecule has 17 heavy (non-hydrogen) atoms. The van der Waals surface area contributed by atoms with Crippen LogP contribution in [0.4, 0.5) is 0 Å². The monoisotopic (exact) mass is 269 g/mol. The molecule has 0 atom stereocenters. The number of nitrogens with one attached hydrogen (secondary N) is 1. The molecule has 1 N–H and O–H groups in total. The summed E-state index contributed by atoms with van der Waals surface area (Å²) in [6, 6.07) is 8.02. The summed E-state index contributed by atoms with van der Waals surface area (Å²) < 4.78 is 0.177. The molecule has 0 aromatic heterocycles. The van der Waals surface area contributed by atoms with Crippen LogP contribution >= 0.6 is 24.2 Å². The number of hydrogen-bond acceptors (Lipinski definition) is 3. The summed E-state index contributed by atoms with van der Waals surface area (Å²) in [5.74, 6) is 0.330. The Morgan fingerprint density at radius 1 is 1.18 bits per heavy atom. The van der Waals surface area contributed by atoms with Crippen molar-refractivity contribution in [3.05, 3.63) is 29.8 Å². The van der Waals surface area contributed by atoms with Gasteiger partial charge in [-0.15, -0.1) is 24.2 Å². The highest BCUT2D eigenvalue weighted by atomic mass is 35.5. The van der Waals surface area contributed by atoms with Crippen molar-refractivity contribution in [2.75, 3.05) is 13.1 Å². The Kier molecular flexibility index (Phi) is 3.81. The van der Waals surface area contributed by atoms with Gasteiger partial charge in [0.1, 0.15) is 0 Å². The normalized spacial score (nSPS) is 21.8. The SMILES string of the molecule is Cl.O=C1CC2(CCNCC2)Sc2ccccc21. The van der Waals surface area contributed by atoms with Crippen LogP contribution in [0.3, 0.4) is 0 Å². The van der Waals surface area contributed by atoms with E-state index in [9.17, 15) is 4.79 Å². The molecule has 0 saturated carbocycles. The molecule has 92 valence electrons. The lowest BCUT2D eigenvalue weighted by Gasteiger charge is -2.39. The molecular formula is C13H16ClNOS. The highest BCUT2D eigenvalue weighted by Crippen LogP contribution is 2.47. The summed E-state index contributed by atoms with van der Waals surface area (Å²) in [5, 5.41) is 3.37. The number of halogens is 1. The third kappa shape index (κ3) is 2.37. The molecule has 1 fully saturated rings. The molecule has 2 heterocycles. The third-order valence-corrected chi connectivity index (χ3v) is 5.07. The van der Waals surface area contributed by atoms with Crippen molar-refractivity contribution in [3.8, 4) is 0 Å². The number of thioether (sulfide) groups is 1. The van der Waals surface area contributed by atoms with Gasteiger partial charge in [-0.2, -0.15) is 0 Å². The number of hydrogen-bond donors (Lipinski definition) is 1. The average Bonchev–Trinajstić information content (AvgIpc) is 2.30. The van der Waals surface area contributed by atoms with Gasteiger partial charge >= 0.3 is 0 Å². The van der Waals surface area contributed by atoms with E-state index in [0.29, 0.717) is 5.78 Å². The fourth-order valence-corrected chi connectivity index (χ4v) is 4.12. The van der Waals surface area contributed by atoms with Crippen molar-refractivity contribution >= 4 is 30.0 Å². The Morgan fingerprint density at radius 2 is 1.88 bits per heavy atom. The molecule has 3 rings (SSSR count). The van der Waals surface area contributed by atoms with E-state index in [2.05, 4.69) is 11.4 Å². The molecule has 2 aliphatic rings. The molecular weight excluding hydrogens is 254 g/mol. The average molecular weight is 270 g/mol. The van der Waals surface area contributed by atoms with E-state index >= 15 is 0 Å². The fourth-order valence-electron chi connectivity index (χ4n) is 2.60. The first-order chi connectivity index (χ1) is 7.79. The van der Waals surface area contributed by atoms with Crippen LogP contribution in [0.5, 0.6) is 0 Å². The summed E-state index contributed by atoms with van der Waals surface area (Å²) in [6.07, 6.45) is 2.94. The van der Waals surface area contributed by atoms with E-state index in [-0.39, 0.29) is 17.2 Å². The van der Waals surface area contributed by atoms with Crippen molar-refractivity contribution in [2.24, 2.45) is 0 Å². The maximum Gasteiger partial charge on any atom is 0.165 e. The van der Waals surface area contributed by atoms with Crippen LogP contribution in [-0.2, 0) is 0 Å². The lowest BCUT2D eigenvalue weighted by molar-refractivity contribution is 0.0955. The van der Waals surface area contributed by atoms with Gasteiger partial charge in [0.05, 0.1) is 0 Å². The second-order valence-electron chi connectivity index (χ2n) is 4.63. The molecule has 4 heteroatoms. The lowest BCUT2D eigenvalue weighted by atomic mass is 9.89. The number of benzene rings is 1. The Bertz CT molecular complexity index is 429. The lowest BCUT2D eigenvalue weighted by Crippen LogP contribution is -2.42. The Morgan fingerprint density at radius 3 is 2.65 bits per heavy atom. The predicted octanol–water partition coefficient (Wildman–Crippen LogP) is 2.91. The second kappa shape index (κ2) is 5.01. The summed E-state index contributed by atoms with van der Waals surface area (Å²) >= 11 is 1.92. The number of Topliss-reactive ketones (excluding diaryl/α,β-unsaturated/α-hetero) is 1. The highest BCUT2D eigenvalue weighted by Gasteiger charge is 2.39. The van der Waals surface area contributed by atoms with E-state index in [4.69, 9.17) is 0 Å². The standard InChI is InChI=1S/C13H15NOS.ClH/c15-11-9-13(5-7-14-8-6-13)16-12-4-2-1-3-10(11)12;/h1-4,14H,5-9H2;1H. The van der Waals surface area contributed by atoms with Crippen LogP contribution in [0.15, 0.2) is 29.2 Å². The number of carbonyl (C=O) groups is 1. The predicted molar refractivity (Wildman–Crippen MR) is 73.3 cm³/mol. The van der Waals surface area contributed by atoms with Crippen molar-refractivity contribution in [1.29, 1.82) is 0 Å². The zero-order chi connectivity index (χ0) is 11.0. The van der Waals surface area contributed by atoms with E-state index in [1.807, 2.05) is 30.0 Å². The molecule has 1 spiro atoms. The van der Waals surface area contributed by atoms with E-state index in [1.165, 1.54) is 4.90 Å². The Labute approximate surface area is 112 Å². The molecule has 1 saturated heterocycles. The van der Waals surface area contributed by atoms with Crippen LogP contribution in [0.1, 0.15) is 29.6 Å².